The summed E-state index contributed by atoms with van der Waals surface area (Å²) in [6, 6.07) is 10.7. The summed E-state index contributed by atoms with van der Waals surface area (Å²) in [5.74, 6) is 1.25. The van der Waals surface area contributed by atoms with Crippen LogP contribution in [0.4, 0.5) is 0 Å². The summed E-state index contributed by atoms with van der Waals surface area (Å²) >= 11 is 2.08. The third-order valence-electron chi connectivity index (χ3n) is 2.96. The maximum Gasteiger partial charge on any atom is 0.0234 e. The molecule has 1 aliphatic heterocycles. The molecule has 1 fully saturated rings. The van der Waals surface area contributed by atoms with Gasteiger partial charge in [-0.05, 0) is 18.5 Å². The van der Waals surface area contributed by atoms with Crippen molar-refractivity contribution >= 4 is 11.8 Å². The van der Waals surface area contributed by atoms with E-state index in [9.17, 15) is 0 Å². The van der Waals surface area contributed by atoms with Crippen LogP contribution in [0.5, 0.6) is 0 Å². The van der Waals surface area contributed by atoms with Crippen LogP contribution >= 0.6 is 11.8 Å². The summed E-state index contributed by atoms with van der Waals surface area (Å²) in [5.41, 5.74) is 7.04. The van der Waals surface area contributed by atoms with E-state index in [0.29, 0.717) is 0 Å². The zero-order chi connectivity index (χ0) is 11.2. The molecule has 1 aromatic rings. The van der Waals surface area contributed by atoms with Gasteiger partial charge in [-0.25, -0.2) is 0 Å². The molecule has 1 aliphatic rings. The molecule has 2 rings (SSSR count). The fraction of sp³-hybridized carbons (Fsp3) is 0.538. The largest absolute Gasteiger partial charge is 0.330 e. The predicted octanol–water partition coefficient (Wildman–Crippen LogP) is 1.95. The number of hydrogen-bond acceptors (Lipinski definition) is 3. The zero-order valence-corrected chi connectivity index (χ0v) is 10.5. The van der Waals surface area contributed by atoms with Crippen LogP contribution in [0.2, 0.25) is 0 Å². The van der Waals surface area contributed by atoms with Crippen LogP contribution in [0, 0.1) is 0 Å². The molecule has 2 N–H and O–H groups in total. The Hall–Kier alpha value is -0.510. The topological polar surface area (TPSA) is 29.3 Å². The van der Waals surface area contributed by atoms with Gasteiger partial charge in [0.2, 0.25) is 0 Å². The van der Waals surface area contributed by atoms with E-state index < -0.39 is 0 Å². The standard InChI is InChI=1S/C13H20N2S/c14-7-6-13-11-15(8-9-16-13)10-12-4-2-1-3-5-12/h1-5,13H,6-11,14H2. The average molecular weight is 236 g/mol. The van der Waals surface area contributed by atoms with Gasteiger partial charge in [0.15, 0.2) is 0 Å². The van der Waals surface area contributed by atoms with Gasteiger partial charge in [0.25, 0.3) is 0 Å². The minimum atomic E-state index is 0.738. The normalized spacial score (nSPS) is 22.2. The highest BCUT2D eigenvalue weighted by Crippen LogP contribution is 2.22. The molecule has 16 heavy (non-hydrogen) atoms. The molecule has 0 aliphatic carbocycles. The van der Waals surface area contributed by atoms with Crippen LogP contribution in [0.25, 0.3) is 0 Å². The van der Waals surface area contributed by atoms with Crippen molar-refractivity contribution in [3.8, 4) is 0 Å². The van der Waals surface area contributed by atoms with Crippen molar-refractivity contribution in [3.63, 3.8) is 0 Å². The number of nitrogens with zero attached hydrogens (tertiary/aromatic N) is 1. The van der Waals surface area contributed by atoms with Crippen molar-refractivity contribution in [1.82, 2.24) is 4.90 Å². The lowest BCUT2D eigenvalue weighted by molar-refractivity contribution is 0.272. The minimum Gasteiger partial charge on any atom is -0.330 e. The number of nitrogens with two attached hydrogens (primary N) is 1. The molecule has 1 aromatic carbocycles. The first-order valence-electron chi connectivity index (χ1n) is 5.96. The quantitative estimate of drug-likeness (QED) is 0.866. The number of benzene rings is 1. The zero-order valence-electron chi connectivity index (χ0n) is 9.64. The molecule has 2 nitrogen and oxygen atoms in total. The van der Waals surface area contributed by atoms with E-state index in [1.165, 1.54) is 24.4 Å². The van der Waals surface area contributed by atoms with Crippen LogP contribution in [0.1, 0.15) is 12.0 Å². The van der Waals surface area contributed by atoms with Crippen LogP contribution in [-0.2, 0) is 6.54 Å². The lowest BCUT2D eigenvalue weighted by atomic mass is 10.2. The Labute approximate surface area is 102 Å². The van der Waals surface area contributed by atoms with Crippen LogP contribution in [0.15, 0.2) is 30.3 Å². The lowest BCUT2D eigenvalue weighted by Crippen LogP contribution is -2.38. The Morgan fingerprint density at radius 1 is 1.31 bits per heavy atom. The molecule has 88 valence electrons. The van der Waals surface area contributed by atoms with E-state index in [0.717, 1.165) is 24.8 Å². The fourth-order valence-electron chi connectivity index (χ4n) is 2.13. The summed E-state index contributed by atoms with van der Waals surface area (Å²) in [6.07, 6.45) is 1.15. The first kappa shape index (κ1) is 12.0. The molecule has 1 unspecified atom stereocenters. The van der Waals surface area contributed by atoms with Gasteiger partial charge in [0.05, 0.1) is 0 Å². The molecular weight excluding hydrogens is 216 g/mol. The van der Waals surface area contributed by atoms with Gasteiger partial charge in [-0.15, -0.1) is 0 Å². The summed E-state index contributed by atoms with van der Waals surface area (Å²) in [7, 11) is 0. The van der Waals surface area contributed by atoms with Gasteiger partial charge in [-0.3, -0.25) is 4.90 Å². The third kappa shape index (κ3) is 3.51. The second kappa shape index (κ2) is 6.28. The molecule has 0 aromatic heterocycles. The van der Waals surface area contributed by atoms with Crippen molar-refractivity contribution in [2.24, 2.45) is 5.73 Å². The molecule has 3 heteroatoms. The van der Waals surface area contributed by atoms with Gasteiger partial charge < -0.3 is 5.73 Å². The summed E-state index contributed by atoms with van der Waals surface area (Å²) in [5, 5.41) is 0.738. The van der Waals surface area contributed by atoms with Gasteiger partial charge in [-0.1, -0.05) is 30.3 Å². The number of hydrogen-bond donors (Lipinski definition) is 1. The van der Waals surface area contributed by atoms with Crippen molar-refractivity contribution in [3.05, 3.63) is 35.9 Å². The summed E-state index contributed by atoms with van der Waals surface area (Å²) < 4.78 is 0. The van der Waals surface area contributed by atoms with E-state index in [-0.39, 0.29) is 0 Å². The van der Waals surface area contributed by atoms with E-state index in [1.54, 1.807) is 0 Å². The highest BCUT2D eigenvalue weighted by atomic mass is 32.2. The Bertz CT molecular complexity index is 300. The Morgan fingerprint density at radius 2 is 2.12 bits per heavy atom. The van der Waals surface area contributed by atoms with Crippen molar-refractivity contribution in [1.29, 1.82) is 0 Å². The molecular formula is C13H20N2S. The molecule has 1 heterocycles. The number of rotatable bonds is 4. The Balaban J connectivity index is 1.85. The molecule has 0 saturated carbocycles. The smallest absolute Gasteiger partial charge is 0.0234 e. The second-order valence-corrected chi connectivity index (χ2v) is 5.70. The monoisotopic (exact) mass is 236 g/mol. The van der Waals surface area contributed by atoms with Gasteiger partial charge >= 0.3 is 0 Å². The molecule has 1 saturated heterocycles. The third-order valence-corrected chi connectivity index (χ3v) is 4.24. The summed E-state index contributed by atoms with van der Waals surface area (Å²) in [4.78, 5) is 2.55. The van der Waals surface area contributed by atoms with Gasteiger partial charge in [0, 0.05) is 30.6 Å². The van der Waals surface area contributed by atoms with Gasteiger partial charge in [0.1, 0.15) is 0 Å². The Morgan fingerprint density at radius 3 is 2.88 bits per heavy atom. The van der Waals surface area contributed by atoms with Crippen molar-refractivity contribution in [2.75, 3.05) is 25.4 Å². The molecule has 0 bridgehead atoms. The molecule has 0 amide bonds. The molecule has 1 atom stereocenters. The predicted molar refractivity (Wildman–Crippen MR) is 71.6 cm³/mol. The highest BCUT2D eigenvalue weighted by molar-refractivity contribution is 8.00. The van der Waals surface area contributed by atoms with Crippen molar-refractivity contribution in [2.45, 2.75) is 18.2 Å². The van der Waals surface area contributed by atoms with Crippen LogP contribution < -0.4 is 5.73 Å². The molecule has 0 radical (unpaired) electrons. The highest BCUT2D eigenvalue weighted by Gasteiger charge is 2.19. The second-order valence-electron chi connectivity index (χ2n) is 4.29. The first-order valence-corrected chi connectivity index (χ1v) is 7.01. The number of thioether (sulfide) groups is 1. The van der Waals surface area contributed by atoms with Gasteiger partial charge in [-0.2, -0.15) is 11.8 Å². The average Bonchev–Trinajstić information content (AvgIpc) is 2.31. The molecule has 0 spiro atoms. The fourth-order valence-corrected chi connectivity index (χ4v) is 3.44. The Kier molecular flexibility index (Phi) is 4.69. The summed E-state index contributed by atoms with van der Waals surface area (Å²) in [6.45, 7) is 4.30. The van der Waals surface area contributed by atoms with Crippen molar-refractivity contribution < 1.29 is 0 Å². The SMILES string of the molecule is NCCC1CN(Cc2ccccc2)CCS1. The van der Waals surface area contributed by atoms with Crippen LogP contribution in [-0.4, -0.2) is 35.5 Å². The van der Waals surface area contributed by atoms with E-state index in [2.05, 4.69) is 47.0 Å². The minimum absolute atomic E-state index is 0.738. The maximum atomic E-state index is 5.63. The maximum absolute atomic E-state index is 5.63. The lowest BCUT2D eigenvalue weighted by Gasteiger charge is -2.32. The van der Waals surface area contributed by atoms with E-state index in [1.807, 2.05) is 0 Å². The van der Waals surface area contributed by atoms with E-state index in [4.69, 9.17) is 5.73 Å². The van der Waals surface area contributed by atoms with Crippen LogP contribution in [0.3, 0.4) is 0 Å². The van der Waals surface area contributed by atoms with E-state index >= 15 is 0 Å². The first-order chi connectivity index (χ1) is 7.88.